The molecule has 0 aromatic heterocycles. The third-order valence-electron chi connectivity index (χ3n) is 4.27. The average Bonchev–Trinajstić information content (AvgIpc) is 2.61. The smallest absolute Gasteiger partial charge is 0.237 e. The van der Waals surface area contributed by atoms with Crippen LogP contribution in [0.15, 0.2) is 24.3 Å². The number of nitrogens with one attached hydrogen (secondary N) is 1. The van der Waals surface area contributed by atoms with Crippen LogP contribution in [0.4, 0.5) is 5.69 Å². The van der Waals surface area contributed by atoms with Crippen LogP contribution in [0.2, 0.25) is 0 Å². The SMILES string of the molecule is COCCNC(=O)C(C)N1CCN(c2ccccc2OC)CC1. The quantitative estimate of drug-likeness (QED) is 0.759. The van der Waals surface area contributed by atoms with Crippen LogP contribution in [-0.4, -0.2) is 70.4 Å². The van der Waals surface area contributed by atoms with Gasteiger partial charge < -0.3 is 19.7 Å². The number of benzene rings is 1. The lowest BCUT2D eigenvalue weighted by molar-refractivity contribution is -0.126. The predicted octanol–water partition coefficient (Wildman–Crippen LogP) is 0.968. The lowest BCUT2D eigenvalue weighted by Crippen LogP contribution is -2.54. The molecule has 1 saturated heterocycles. The Morgan fingerprint density at radius 3 is 2.57 bits per heavy atom. The molecule has 2 rings (SSSR count). The summed E-state index contributed by atoms with van der Waals surface area (Å²) in [6.45, 7) is 6.54. The summed E-state index contributed by atoms with van der Waals surface area (Å²) in [5, 5.41) is 2.90. The minimum atomic E-state index is -0.119. The van der Waals surface area contributed by atoms with Crippen molar-refractivity contribution in [1.29, 1.82) is 0 Å². The van der Waals surface area contributed by atoms with Crippen molar-refractivity contribution >= 4 is 11.6 Å². The summed E-state index contributed by atoms with van der Waals surface area (Å²) in [6, 6.07) is 7.94. The number of hydrogen-bond acceptors (Lipinski definition) is 5. The summed E-state index contributed by atoms with van der Waals surface area (Å²) < 4.78 is 10.4. The number of piperazine rings is 1. The lowest BCUT2D eigenvalue weighted by atomic mass is 10.2. The molecule has 6 heteroatoms. The van der Waals surface area contributed by atoms with Crippen molar-refractivity contribution in [2.45, 2.75) is 13.0 Å². The summed E-state index contributed by atoms with van der Waals surface area (Å²) in [5.41, 5.74) is 1.12. The van der Waals surface area contributed by atoms with Crippen LogP contribution < -0.4 is 15.0 Å². The Labute approximate surface area is 138 Å². The standard InChI is InChI=1S/C17H27N3O3/c1-14(17(21)18-8-13-22-2)19-9-11-20(12-10-19)15-6-4-5-7-16(15)23-3/h4-7,14H,8-13H2,1-3H3,(H,18,21). The third kappa shape index (κ3) is 4.59. The van der Waals surface area contributed by atoms with Crippen molar-refractivity contribution in [2.75, 3.05) is 58.5 Å². The van der Waals surface area contributed by atoms with Crippen molar-refractivity contribution in [2.24, 2.45) is 0 Å². The van der Waals surface area contributed by atoms with Gasteiger partial charge in [0, 0.05) is 39.8 Å². The van der Waals surface area contributed by atoms with Gasteiger partial charge in [0.15, 0.2) is 0 Å². The highest BCUT2D eigenvalue weighted by atomic mass is 16.5. The number of ether oxygens (including phenoxy) is 2. The highest BCUT2D eigenvalue weighted by Gasteiger charge is 2.26. The third-order valence-corrected chi connectivity index (χ3v) is 4.27. The average molecular weight is 321 g/mol. The molecular formula is C17H27N3O3. The number of methoxy groups -OCH3 is 2. The molecular weight excluding hydrogens is 294 g/mol. The highest BCUT2D eigenvalue weighted by Crippen LogP contribution is 2.28. The first-order valence-corrected chi connectivity index (χ1v) is 8.06. The number of hydrogen-bond donors (Lipinski definition) is 1. The molecule has 23 heavy (non-hydrogen) atoms. The van der Waals surface area contributed by atoms with E-state index < -0.39 is 0 Å². The number of rotatable bonds is 7. The summed E-state index contributed by atoms with van der Waals surface area (Å²) >= 11 is 0. The molecule has 0 spiro atoms. The van der Waals surface area contributed by atoms with Gasteiger partial charge in [-0.2, -0.15) is 0 Å². The Kier molecular flexibility index (Phi) is 6.67. The number of nitrogens with zero attached hydrogens (tertiary/aromatic N) is 2. The second kappa shape index (κ2) is 8.74. The van der Waals surface area contributed by atoms with Crippen molar-refractivity contribution in [3.05, 3.63) is 24.3 Å². The Balaban J connectivity index is 1.87. The zero-order chi connectivity index (χ0) is 16.7. The Morgan fingerprint density at radius 1 is 1.22 bits per heavy atom. The van der Waals surface area contributed by atoms with Gasteiger partial charge in [-0.25, -0.2) is 0 Å². The van der Waals surface area contributed by atoms with Gasteiger partial charge in [-0.15, -0.1) is 0 Å². The second-order valence-corrected chi connectivity index (χ2v) is 5.65. The minimum Gasteiger partial charge on any atom is -0.495 e. The van der Waals surface area contributed by atoms with Crippen LogP contribution in [0.1, 0.15) is 6.92 Å². The molecule has 1 unspecified atom stereocenters. The normalized spacial score (nSPS) is 16.9. The molecule has 128 valence electrons. The molecule has 1 aromatic rings. The summed E-state index contributed by atoms with van der Waals surface area (Å²) in [7, 11) is 3.33. The largest absolute Gasteiger partial charge is 0.495 e. The second-order valence-electron chi connectivity index (χ2n) is 5.65. The molecule has 1 amide bonds. The van der Waals surface area contributed by atoms with E-state index >= 15 is 0 Å². The molecule has 1 aromatic carbocycles. The lowest BCUT2D eigenvalue weighted by Gasteiger charge is -2.38. The maximum Gasteiger partial charge on any atom is 0.237 e. The number of carbonyl (C=O) groups is 1. The zero-order valence-electron chi connectivity index (χ0n) is 14.2. The predicted molar refractivity (Wildman–Crippen MR) is 91.1 cm³/mol. The molecule has 0 aliphatic carbocycles. The van der Waals surface area contributed by atoms with Crippen molar-refractivity contribution < 1.29 is 14.3 Å². The van der Waals surface area contributed by atoms with Crippen molar-refractivity contribution in [1.82, 2.24) is 10.2 Å². The van der Waals surface area contributed by atoms with Gasteiger partial charge in [0.25, 0.3) is 0 Å². The van der Waals surface area contributed by atoms with Gasteiger partial charge in [-0.1, -0.05) is 12.1 Å². The first-order chi connectivity index (χ1) is 11.2. The van der Waals surface area contributed by atoms with Crippen LogP contribution in [0.5, 0.6) is 5.75 Å². The highest BCUT2D eigenvalue weighted by molar-refractivity contribution is 5.81. The summed E-state index contributed by atoms with van der Waals surface area (Å²) in [6.07, 6.45) is 0. The van der Waals surface area contributed by atoms with E-state index in [1.165, 1.54) is 0 Å². The number of anilines is 1. The van der Waals surface area contributed by atoms with E-state index in [0.29, 0.717) is 13.2 Å². The topological polar surface area (TPSA) is 54.0 Å². The van der Waals surface area contributed by atoms with E-state index in [4.69, 9.17) is 9.47 Å². The van der Waals surface area contributed by atoms with Crippen LogP contribution >= 0.6 is 0 Å². The van der Waals surface area contributed by atoms with E-state index in [0.717, 1.165) is 37.6 Å². The van der Waals surface area contributed by atoms with Gasteiger partial charge in [0.1, 0.15) is 5.75 Å². The molecule has 0 saturated carbocycles. The molecule has 1 aliphatic heterocycles. The van der Waals surface area contributed by atoms with Crippen LogP contribution in [-0.2, 0) is 9.53 Å². The Morgan fingerprint density at radius 2 is 1.91 bits per heavy atom. The molecule has 1 N–H and O–H groups in total. The Bertz CT molecular complexity index is 502. The molecule has 0 bridgehead atoms. The number of amides is 1. The first-order valence-electron chi connectivity index (χ1n) is 8.06. The van der Waals surface area contributed by atoms with Crippen LogP contribution in [0.25, 0.3) is 0 Å². The molecule has 6 nitrogen and oxygen atoms in total. The van der Waals surface area contributed by atoms with Gasteiger partial charge in [-0.3, -0.25) is 9.69 Å². The molecule has 1 atom stereocenters. The maximum absolute atomic E-state index is 12.1. The molecule has 1 heterocycles. The molecule has 1 aliphatic rings. The fourth-order valence-electron chi connectivity index (χ4n) is 2.83. The first kappa shape index (κ1) is 17.6. The maximum atomic E-state index is 12.1. The molecule has 0 radical (unpaired) electrons. The van der Waals surface area contributed by atoms with Crippen molar-refractivity contribution in [3.63, 3.8) is 0 Å². The van der Waals surface area contributed by atoms with E-state index in [2.05, 4.69) is 21.2 Å². The molecule has 1 fully saturated rings. The van der Waals surface area contributed by atoms with Crippen molar-refractivity contribution in [3.8, 4) is 5.75 Å². The van der Waals surface area contributed by atoms with E-state index in [1.54, 1.807) is 14.2 Å². The fourth-order valence-corrected chi connectivity index (χ4v) is 2.83. The van der Waals surface area contributed by atoms with Gasteiger partial charge in [0.2, 0.25) is 5.91 Å². The number of carbonyl (C=O) groups excluding carboxylic acids is 1. The van der Waals surface area contributed by atoms with E-state index in [1.807, 2.05) is 25.1 Å². The fraction of sp³-hybridized carbons (Fsp3) is 0.588. The van der Waals surface area contributed by atoms with Gasteiger partial charge >= 0.3 is 0 Å². The minimum absolute atomic E-state index is 0.0628. The van der Waals surface area contributed by atoms with E-state index in [-0.39, 0.29) is 11.9 Å². The summed E-state index contributed by atoms with van der Waals surface area (Å²) in [4.78, 5) is 16.7. The van der Waals surface area contributed by atoms with Crippen LogP contribution in [0, 0.1) is 0 Å². The van der Waals surface area contributed by atoms with Crippen LogP contribution in [0.3, 0.4) is 0 Å². The number of para-hydroxylation sites is 2. The zero-order valence-corrected chi connectivity index (χ0v) is 14.2. The monoisotopic (exact) mass is 321 g/mol. The van der Waals surface area contributed by atoms with Gasteiger partial charge in [-0.05, 0) is 19.1 Å². The summed E-state index contributed by atoms with van der Waals surface area (Å²) in [5.74, 6) is 0.957. The van der Waals surface area contributed by atoms with E-state index in [9.17, 15) is 4.79 Å². The Hall–Kier alpha value is -1.79. The van der Waals surface area contributed by atoms with Gasteiger partial charge in [0.05, 0.1) is 25.4 Å².